The van der Waals surface area contributed by atoms with Crippen molar-refractivity contribution >= 4 is 29.1 Å². The predicted octanol–water partition coefficient (Wildman–Crippen LogP) is 3.89. The Morgan fingerprint density at radius 3 is 2.23 bits per heavy atom. The number of nitro groups is 1. The third kappa shape index (κ3) is 3.91. The van der Waals surface area contributed by atoms with Crippen LogP contribution in [0.3, 0.4) is 0 Å². The van der Waals surface area contributed by atoms with E-state index >= 15 is 0 Å². The SMILES string of the molecule is O=C(CCN1C(=O)c2cccc([N+](=O)[O-])c2C1=O)Nc1ccc(-c2ccccc2)cc1. The summed E-state index contributed by atoms with van der Waals surface area (Å²) < 4.78 is 0. The average molecular weight is 415 g/mol. The van der Waals surface area contributed by atoms with Crippen molar-refractivity contribution in [3.8, 4) is 11.1 Å². The molecule has 0 unspecified atom stereocenters. The predicted molar refractivity (Wildman–Crippen MR) is 114 cm³/mol. The van der Waals surface area contributed by atoms with Gasteiger partial charge in [0.15, 0.2) is 0 Å². The fourth-order valence-corrected chi connectivity index (χ4v) is 3.48. The van der Waals surface area contributed by atoms with Crippen molar-refractivity contribution in [1.29, 1.82) is 0 Å². The summed E-state index contributed by atoms with van der Waals surface area (Å²) in [5, 5.41) is 13.9. The van der Waals surface area contributed by atoms with E-state index < -0.39 is 22.4 Å². The second-order valence-corrected chi connectivity index (χ2v) is 6.96. The Kier molecular flexibility index (Phi) is 5.28. The summed E-state index contributed by atoms with van der Waals surface area (Å²) in [7, 11) is 0. The van der Waals surface area contributed by atoms with Gasteiger partial charge in [-0.2, -0.15) is 0 Å². The van der Waals surface area contributed by atoms with Gasteiger partial charge in [0.05, 0.1) is 10.5 Å². The first kappa shape index (κ1) is 20.0. The van der Waals surface area contributed by atoms with Crippen LogP contribution in [0.4, 0.5) is 11.4 Å². The summed E-state index contributed by atoms with van der Waals surface area (Å²) in [6.45, 7) is -0.169. The maximum atomic E-state index is 12.5. The number of carbonyl (C=O) groups is 3. The van der Waals surface area contributed by atoms with Gasteiger partial charge < -0.3 is 5.32 Å². The van der Waals surface area contributed by atoms with Gasteiger partial charge in [-0.25, -0.2) is 0 Å². The fourth-order valence-electron chi connectivity index (χ4n) is 3.48. The zero-order valence-electron chi connectivity index (χ0n) is 16.3. The molecule has 8 nitrogen and oxygen atoms in total. The third-order valence-corrected chi connectivity index (χ3v) is 5.01. The van der Waals surface area contributed by atoms with Crippen LogP contribution < -0.4 is 5.32 Å². The van der Waals surface area contributed by atoms with E-state index in [9.17, 15) is 24.5 Å². The lowest BCUT2D eigenvalue weighted by molar-refractivity contribution is -0.385. The van der Waals surface area contributed by atoms with E-state index in [1.165, 1.54) is 18.2 Å². The Labute approximate surface area is 177 Å². The molecule has 3 amide bonds. The number of hydrogen-bond donors (Lipinski definition) is 1. The van der Waals surface area contributed by atoms with Gasteiger partial charge >= 0.3 is 0 Å². The van der Waals surface area contributed by atoms with E-state index in [0.717, 1.165) is 16.0 Å². The number of imide groups is 1. The van der Waals surface area contributed by atoms with Crippen molar-refractivity contribution < 1.29 is 19.3 Å². The standard InChI is InChI=1S/C23H17N3O5/c27-20(24-17-11-9-16(10-12-17)15-5-2-1-3-6-15)13-14-25-22(28)18-7-4-8-19(26(30)31)21(18)23(25)29/h1-12H,13-14H2,(H,24,27). The number of nitrogens with one attached hydrogen (secondary N) is 1. The Morgan fingerprint density at radius 2 is 1.55 bits per heavy atom. The van der Waals surface area contributed by atoms with Crippen LogP contribution in [-0.2, 0) is 4.79 Å². The summed E-state index contributed by atoms with van der Waals surface area (Å²) in [6.07, 6.45) is -0.125. The molecule has 1 aliphatic heterocycles. The maximum absolute atomic E-state index is 12.5. The number of hydrogen-bond acceptors (Lipinski definition) is 5. The summed E-state index contributed by atoms with van der Waals surface area (Å²) in [6, 6.07) is 21.0. The number of amides is 3. The molecular formula is C23H17N3O5. The third-order valence-electron chi connectivity index (χ3n) is 5.01. The lowest BCUT2D eigenvalue weighted by Gasteiger charge is -2.13. The molecule has 0 saturated carbocycles. The highest BCUT2D eigenvalue weighted by molar-refractivity contribution is 6.23. The molecule has 154 valence electrons. The van der Waals surface area contributed by atoms with Gasteiger partial charge in [-0.3, -0.25) is 29.4 Å². The highest BCUT2D eigenvalue weighted by atomic mass is 16.6. The van der Waals surface area contributed by atoms with Gasteiger partial charge in [-0.15, -0.1) is 0 Å². The number of nitro benzene ring substituents is 1. The number of benzene rings is 3. The number of fused-ring (bicyclic) bond motifs is 1. The maximum Gasteiger partial charge on any atom is 0.282 e. The zero-order chi connectivity index (χ0) is 22.0. The largest absolute Gasteiger partial charge is 0.326 e. The lowest BCUT2D eigenvalue weighted by atomic mass is 10.1. The molecular weight excluding hydrogens is 398 g/mol. The molecule has 4 rings (SSSR count). The summed E-state index contributed by atoms with van der Waals surface area (Å²) in [5.74, 6) is -1.77. The normalized spacial score (nSPS) is 12.6. The molecule has 1 N–H and O–H groups in total. The highest BCUT2D eigenvalue weighted by Crippen LogP contribution is 2.30. The number of carbonyl (C=O) groups excluding carboxylic acids is 3. The fraction of sp³-hybridized carbons (Fsp3) is 0.0870. The van der Waals surface area contributed by atoms with Crippen molar-refractivity contribution in [3.63, 3.8) is 0 Å². The summed E-state index contributed by atoms with van der Waals surface area (Å²) >= 11 is 0. The van der Waals surface area contributed by atoms with Crippen LogP contribution >= 0.6 is 0 Å². The van der Waals surface area contributed by atoms with Crippen LogP contribution in [-0.4, -0.2) is 34.1 Å². The van der Waals surface area contributed by atoms with Gasteiger partial charge in [0.1, 0.15) is 5.56 Å². The molecule has 3 aromatic rings. The zero-order valence-corrected chi connectivity index (χ0v) is 16.3. The van der Waals surface area contributed by atoms with Crippen LogP contribution in [0.15, 0.2) is 72.8 Å². The van der Waals surface area contributed by atoms with E-state index in [-0.39, 0.29) is 30.0 Å². The van der Waals surface area contributed by atoms with Crippen LogP contribution in [0.2, 0.25) is 0 Å². The molecule has 0 saturated heterocycles. The van der Waals surface area contributed by atoms with Crippen molar-refractivity contribution in [3.05, 3.63) is 94.0 Å². The molecule has 0 bridgehead atoms. The second kappa shape index (κ2) is 8.19. The molecule has 0 atom stereocenters. The highest BCUT2D eigenvalue weighted by Gasteiger charge is 2.40. The smallest absolute Gasteiger partial charge is 0.282 e. The number of rotatable bonds is 6. The summed E-state index contributed by atoms with van der Waals surface area (Å²) in [5.41, 5.74) is 1.99. The van der Waals surface area contributed by atoms with Gasteiger partial charge in [0.25, 0.3) is 17.5 Å². The van der Waals surface area contributed by atoms with Crippen LogP contribution in [0.5, 0.6) is 0 Å². The Morgan fingerprint density at radius 1 is 0.871 bits per heavy atom. The van der Waals surface area contributed by atoms with Crippen LogP contribution in [0.25, 0.3) is 11.1 Å². The minimum Gasteiger partial charge on any atom is -0.326 e. The van der Waals surface area contributed by atoms with E-state index in [4.69, 9.17) is 0 Å². The lowest BCUT2D eigenvalue weighted by Crippen LogP contribution is -2.33. The molecule has 3 aromatic carbocycles. The van der Waals surface area contributed by atoms with Gasteiger partial charge in [-0.1, -0.05) is 48.5 Å². The molecule has 1 aliphatic rings. The summed E-state index contributed by atoms with van der Waals surface area (Å²) in [4.78, 5) is 48.7. The minimum absolute atomic E-state index is 0.0175. The quantitative estimate of drug-likeness (QED) is 0.373. The number of anilines is 1. The molecule has 0 aliphatic carbocycles. The molecule has 0 spiro atoms. The van der Waals surface area contributed by atoms with Crippen molar-refractivity contribution in [2.75, 3.05) is 11.9 Å². The first-order valence-corrected chi connectivity index (χ1v) is 9.54. The molecule has 8 heteroatoms. The van der Waals surface area contributed by atoms with E-state index in [2.05, 4.69) is 5.32 Å². The minimum atomic E-state index is -0.757. The van der Waals surface area contributed by atoms with Gasteiger partial charge in [0.2, 0.25) is 5.91 Å². The molecule has 0 aromatic heterocycles. The van der Waals surface area contributed by atoms with Crippen molar-refractivity contribution in [2.45, 2.75) is 6.42 Å². The molecule has 31 heavy (non-hydrogen) atoms. The first-order chi connectivity index (χ1) is 15.0. The molecule has 1 heterocycles. The van der Waals surface area contributed by atoms with E-state index in [0.29, 0.717) is 5.69 Å². The molecule has 0 radical (unpaired) electrons. The Bertz CT molecular complexity index is 1190. The monoisotopic (exact) mass is 415 g/mol. The Balaban J connectivity index is 1.39. The van der Waals surface area contributed by atoms with Crippen LogP contribution in [0.1, 0.15) is 27.1 Å². The Hall–Kier alpha value is -4.33. The van der Waals surface area contributed by atoms with E-state index in [1.807, 2.05) is 42.5 Å². The first-order valence-electron chi connectivity index (χ1n) is 9.54. The average Bonchev–Trinajstić information content (AvgIpc) is 3.03. The van der Waals surface area contributed by atoms with E-state index in [1.54, 1.807) is 12.1 Å². The number of nitrogens with zero attached hydrogens (tertiary/aromatic N) is 2. The molecule has 0 fully saturated rings. The second-order valence-electron chi connectivity index (χ2n) is 6.96. The van der Waals surface area contributed by atoms with Gasteiger partial charge in [0, 0.05) is 24.7 Å². The van der Waals surface area contributed by atoms with Crippen LogP contribution in [0, 0.1) is 10.1 Å². The van der Waals surface area contributed by atoms with Crippen molar-refractivity contribution in [2.24, 2.45) is 0 Å². The van der Waals surface area contributed by atoms with Crippen molar-refractivity contribution in [1.82, 2.24) is 4.90 Å². The topological polar surface area (TPSA) is 110 Å². The van der Waals surface area contributed by atoms with Gasteiger partial charge in [-0.05, 0) is 29.3 Å².